The van der Waals surface area contributed by atoms with Gasteiger partial charge >= 0.3 is 11.8 Å². The molecule has 1 rings (SSSR count). The predicted molar refractivity (Wildman–Crippen MR) is 88.3 cm³/mol. The monoisotopic (exact) mass is 346 g/mol. The molecule has 22 heavy (non-hydrogen) atoms. The molecule has 0 heterocycles. The van der Waals surface area contributed by atoms with Crippen LogP contribution >= 0.6 is 23.2 Å². The van der Waals surface area contributed by atoms with Crippen LogP contribution in [0, 0.1) is 12.8 Å². The maximum atomic E-state index is 11.8. The van der Waals surface area contributed by atoms with Crippen LogP contribution in [-0.2, 0) is 9.59 Å². The van der Waals surface area contributed by atoms with E-state index in [-0.39, 0.29) is 12.5 Å². The number of rotatable bonds is 5. The number of carbonyl (C=O) groups is 2. The Bertz CT molecular complexity index is 539. The molecule has 0 fully saturated rings. The fourth-order valence-electron chi connectivity index (χ4n) is 1.65. The van der Waals surface area contributed by atoms with Crippen LogP contribution in [0.15, 0.2) is 12.1 Å². The van der Waals surface area contributed by atoms with Crippen molar-refractivity contribution in [1.82, 2.24) is 5.32 Å². The number of hydrogen-bond acceptors (Lipinski definition) is 3. The summed E-state index contributed by atoms with van der Waals surface area (Å²) in [5, 5.41) is 15.3. The Balaban J connectivity index is 2.53. The van der Waals surface area contributed by atoms with E-state index in [1.165, 1.54) is 12.1 Å². The number of benzene rings is 1. The summed E-state index contributed by atoms with van der Waals surface area (Å²) >= 11 is 11.9. The van der Waals surface area contributed by atoms with E-state index >= 15 is 0 Å². The standard InChI is InChI=1S/C15H20Cl2N2O3/c1-8(2)13(20)4-5-18-14(21)15(22)19-10-6-11(16)9(3)12(17)7-10/h6-8,13,20H,4-5H2,1-3H3,(H,18,21)(H,19,22). The highest BCUT2D eigenvalue weighted by atomic mass is 35.5. The molecule has 0 saturated heterocycles. The van der Waals surface area contributed by atoms with Gasteiger partial charge in [0, 0.05) is 22.3 Å². The molecule has 1 atom stereocenters. The summed E-state index contributed by atoms with van der Waals surface area (Å²) < 4.78 is 0. The summed E-state index contributed by atoms with van der Waals surface area (Å²) in [6.45, 7) is 5.73. The lowest BCUT2D eigenvalue weighted by Gasteiger charge is -2.14. The number of amides is 2. The van der Waals surface area contributed by atoms with Crippen LogP contribution in [0.1, 0.15) is 25.8 Å². The third-order valence-electron chi connectivity index (χ3n) is 3.24. The summed E-state index contributed by atoms with van der Waals surface area (Å²) in [6.07, 6.45) is -0.128. The van der Waals surface area contributed by atoms with E-state index in [4.69, 9.17) is 23.2 Å². The van der Waals surface area contributed by atoms with E-state index in [1.807, 2.05) is 13.8 Å². The Hall–Kier alpha value is -1.30. The molecule has 0 aliphatic heterocycles. The molecule has 5 nitrogen and oxygen atoms in total. The number of aliphatic hydroxyl groups is 1. The Morgan fingerprint density at radius 3 is 2.23 bits per heavy atom. The Morgan fingerprint density at radius 1 is 1.18 bits per heavy atom. The maximum Gasteiger partial charge on any atom is 0.313 e. The minimum Gasteiger partial charge on any atom is -0.393 e. The van der Waals surface area contributed by atoms with E-state index in [9.17, 15) is 14.7 Å². The van der Waals surface area contributed by atoms with E-state index in [1.54, 1.807) is 6.92 Å². The second-order valence-corrected chi connectivity index (χ2v) is 6.19. The Labute approximate surface area is 140 Å². The molecule has 122 valence electrons. The van der Waals surface area contributed by atoms with Gasteiger partial charge in [0.1, 0.15) is 0 Å². The molecular weight excluding hydrogens is 327 g/mol. The molecule has 0 bridgehead atoms. The van der Waals surface area contributed by atoms with E-state index in [0.29, 0.717) is 27.7 Å². The maximum absolute atomic E-state index is 11.8. The van der Waals surface area contributed by atoms with Gasteiger partial charge in [-0.25, -0.2) is 0 Å². The van der Waals surface area contributed by atoms with Crippen molar-refractivity contribution in [1.29, 1.82) is 0 Å². The number of nitrogens with one attached hydrogen (secondary N) is 2. The number of anilines is 1. The minimum absolute atomic E-state index is 0.0996. The molecule has 1 aromatic rings. The molecular formula is C15H20Cl2N2O3. The van der Waals surface area contributed by atoms with Crippen LogP contribution in [0.2, 0.25) is 10.0 Å². The lowest BCUT2D eigenvalue weighted by atomic mass is 10.0. The molecule has 0 aliphatic rings. The predicted octanol–water partition coefficient (Wildman–Crippen LogP) is 2.76. The molecule has 0 aliphatic carbocycles. The summed E-state index contributed by atoms with van der Waals surface area (Å²) in [5.74, 6) is -1.48. The molecule has 7 heteroatoms. The topological polar surface area (TPSA) is 78.4 Å². The van der Waals surface area contributed by atoms with Crippen LogP contribution in [0.3, 0.4) is 0 Å². The number of hydrogen-bond donors (Lipinski definition) is 3. The zero-order valence-electron chi connectivity index (χ0n) is 12.7. The van der Waals surface area contributed by atoms with Gasteiger partial charge in [0.15, 0.2) is 0 Å². The van der Waals surface area contributed by atoms with Gasteiger partial charge in [-0.05, 0) is 37.0 Å². The van der Waals surface area contributed by atoms with Crippen LogP contribution in [0.4, 0.5) is 5.69 Å². The van der Waals surface area contributed by atoms with Gasteiger partial charge in [0.05, 0.1) is 6.10 Å². The molecule has 0 saturated carbocycles. The van der Waals surface area contributed by atoms with Crippen molar-refractivity contribution in [3.63, 3.8) is 0 Å². The number of carbonyl (C=O) groups excluding carboxylic acids is 2. The molecule has 2 amide bonds. The van der Waals surface area contributed by atoms with E-state index in [0.717, 1.165) is 0 Å². The Kier molecular flexibility index (Phi) is 7.13. The van der Waals surface area contributed by atoms with Crippen molar-refractivity contribution in [2.24, 2.45) is 5.92 Å². The lowest BCUT2D eigenvalue weighted by Crippen LogP contribution is -2.37. The highest BCUT2D eigenvalue weighted by Crippen LogP contribution is 2.27. The SMILES string of the molecule is Cc1c(Cl)cc(NC(=O)C(=O)NCCC(O)C(C)C)cc1Cl. The van der Waals surface area contributed by atoms with Gasteiger partial charge in [0.25, 0.3) is 0 Å². The smallest absolute Gasteiger partial charge is 0.313 e. The second-order valence-electron chi connectivity index (χ2n) is 5.37. The van der Waals surface area contributed by atoms with Crippen molar-refractivity contribution in [3.05, 3.63) is 27.7 Å². The summed E-state index contributed by atoms with van der Waals surface area (Å²) in [4.78, 5) is 23.4. The molecule has 1 aromatic carbocycles. The van der Waals surface area contributed by atoms with E-state index in [2.05, 4.69) is 10.6 Å². The first-order chi connectivity index (χ1) is 10.2. The molecule has 0 spiro atoms. The first kappa shape index (κ1) is 18.7. The normalized spacial score (nSPS) is 12.1. The third kappa shape index (κ3) is 5.48. The first-order valence-corrected chi connectivity index (χ1v) is 7.70. The van der Waals surface area contributed by atoms with Gasteiger partial charge in [-0.3, -0.25) is 9.59 Å². The van der Waals surface area contributed by atoms with Gasteiger partial charge < -0.3 is 15.7 Å². The zero-order chi connectivity index (χ0) is 16.9. The van der Waals surface area contributed by atoms with Gasteiger partial charge in [-0.15, -0.1) is 0 Å². The highest BCUT2D eigenvalue weighted by Gasteiger charge is 2.16. The molecule has 0 aromatic heterocycles. The fraction of sp³-hybridized carbons (Fsp3) is 0.467. The van der Waals surface area contributed by atoms with Crippen LogP contribution in [0.25, 0.3) is 0 Å². The van der Waals surface area contributed by atoms with Gasteiger partial charge in [-0.2, -0.15) is 0 Å². The third-order valence-corrected chi connectivity index (χ3v) is 4.03. The summed E-state index contributed by atoms with van der Waals surface area (Å²) in [6, 6.07) is 3.05. The Morgan fingerprint density at radius 2 is 1.73 bits per heavy atom. The largest absolute Gasteiger partial charge is 0.393 e. The van der Waals surface area contributed by atoms with Crippen LogP contribution in [-0.4, -0.2) is 29.6 Å². The highest BCUT2D eigenvalue weighted by molar-refractivity contribution is 6.40. The number of aliphatic hydroxyl groups excluding tert-OH is 1. The molecule has 3 N–H and O–H groups in total. The van der Waals surface area contributed by atoms with Crippen molar-refractivity contribution in [2.45, 2.75) is 33.3 Å². The fourth-order valence-corrected chi connectivity index (χ4v) is 2.14. The summed E-state index contributed by atoms with van der Waals surface area (Å²) in [7, 11) is 0. The zero-order valence-corrected chi connectivity index (χ0v) is 14.3. The summed E-state index contributed by atoms with van der Waals surface area (Å²) in [5.41, 5.74) is 1.05. The van der Waals surface area contributed by atoms with Crippen molar-refractivity contribution < 1.29 is 14.7 Å². The first-order valence-electron chi connectivity index (χ1n) is 6.95. The van der Waals surface area contributed by atoms with Crippen molar-refractivity contribution >= 4 is 40.7 Å². The van der Waals surface area contributed by atoms with Crippen molar-refractivity contribution in [2.75, 3.05) is 11.9 Å². The average Bonchev–Trinajstić information content (AvgIpc) is 2.44. The van der Waals surface area contributed by atoms with E-state index < -0.39 is 17.9 Å². The second kappa shape index (κ2) is 8.36. The minimum atomic E-state index is -0.810. The number of halogens is 2. The quantitative estimate of drug-likeness (QED) is 0.717. The van der Waals surface area contributed by atoms with Crippen LogP contribution in [0.5, 0.6) is 0 Å². The van der Waals surface area contributed by atoms with Gasteiger partial charge in [-0.1, -0.05) is 37.0 Å². The van der Waals surface area contributed by atoms with Crippen LogP contribution < -0.4 is 10.6 Å². The molecule has 1 unspecified atom stereocenters. The lowest BCUT2D eigenvalue weighted by molar-refractivity contribution is -0.136. The van der Waals surface area contributed by atoms with Crippen molar-refractivity contribution in [3.8, 4) is 0 Å². The van der Waals surface area contributed by atoms with Gasteiger partial charge in [0.2, 0.25) is 0 Å². The molecule has 0 radical (unpaired) electrons. The average molecular weight is 347 g/mol.